The molecule has 0 radical (unpaired) electrons. The Morgan fingerprint density at radius 2 is 1.95 bits per heavy atom. The van der Waals surface area contributed by atoms with Gasteiger partial charge in [-0.2, -0.15) is 14.1 Å². The highest BCUT2D eigenvalue weighted by atomic mass is 15.4. The molecule has 0 aliphatic carbocycles. The molecule has 22 heavy (non-hydrogen) atoms. The van der Waals surface area contributed by atoms with E-state index in [4.69, 9.17) is 0 Å². The summed E-state index contributed by atoms with van der Waals surface area (Å²) in [5.74, 6) is 1.99. The highest BCUT2D eigenvalue weighted by Gasteiger charge is 2.22. The molecule has 0 aromatic carbocycles. The second kappa shape index (κ2) is 4.56. The molecule has 110 valence electrons. The van der Waals surface area contributed by atoms with E-state index < -0.39 is 0 Å². The topological polar surface area (TPSA) is 34.9 Å². The molecule has 4 heterocycles. The zero-order valence-electron chi connectivity index (χ0n) is 12.9. The van der Waals surface area contributed by atoms with E-state index in [9.17, 15) is 0 Å². The van der Waals surface area contributed by atoms with Crippen molar-refractivity contribution < 1.29 is 9.25 Å². The van der Waals surface area contributed by atoms with Crippen LogP contribution < -0.4 is 9.25 Å². The summed E-state index contributed by atoms with van der Waals surface area (Å²) in [4.78, 5) is 4.37. The molecule has 0 bridgehead atoms. The predicted octanol–water partition coefficient (Wildman–Crippen LogP) is 0.779. The average molecular weight is 294 g/mol. The lowest BCUT2D eigenvalue weighted by molar-refractivity contribution is -0.688. The number of aromatic nitrogens is 6. The van der Waals surface area contributed by atoms with Crippen LogP contribution in [-0.2, 0) is 21.1 Å². The van der Waals surface area contributed by atoms with Crippen molar-refractivity contribution in [1.82, 2.24) is 18.6 Å². The molecular weight excluding hydrogens is 276 g/mol. The molecule has 4 rings (SSSR count). The zero-order chi connectivity index (χ0) is 15.3. The van der Waals surface area contributed by atoms with E-state index in [-0.39, 0.29) is 0 Å². The van der Waals surface area contributed by atoms with Gasteiger partial charge >= 0.3 is 11.6 Å². The summed E-state index contributed by atoms with van der Waals surface area (Å²) in [5, 5.41) is 0. The molecule has 6 nitrogen and oxygen atoms in total. The normalized spacial score (nSPS) is 11.4. The van der Waals surface area contributed by atoms with Gasteiger partial charge in [0.1, 0.15) is 19.4 Å². The largest absolute Gasteiger partial charge is 0.324 e. The molecular formula is C16H18N6+2. The molecule has 6 heteroatoms. The Morgan fingerprint density at radius 1 is 1.09 bits per heavy atom. The van der Waals surface area contributed by atoms with Gasteiger partial charge in [-0.05, 0) is 6.07 Å². The fourth-order valence-corrected chi connectivity index (χ4v) is 2.93. The summed E-state index contributed by atoms with van der Waals surface area (Å²) in [7, 11) is 6.15. The molecule has 0 amide bonds. The van der Waals surface area contributed by atoms with Gasteiger partial charge in [-0.15, -0.1) is 4.68 Å². The fourth-order valence-electron chi connectivity index (χ4n) is 2.93. The maximum atomic E-state index is 4.37. The first-order valence-corrected chi connectivity index (χ1v) is 7.18. The zero-order valence-corrected chi connectivity index (χ0v) is 12.9. The lowest BCUT2D eigenvalue weighted by Crippen LogP contribution is -2.41. The third kappa shape index (κ3) is 1.70. The van der Waals surface area contributed by atoms with E-state index >= 15 is 0 Å². The Morgan fingerprint density at radius 3 is 2.73 bits per heavy atom. The summed E-state index contributed by atoms with van der Waals surface area (Å²) < 4.78 is 10.5. The van der Waals surface area contributed by atoms with Crippen LogP contribution in [0, 0.1) is 0 Å². The van der Waals surface area contributed by atoms with Gasteiger partial charge in [-0.1, -0.05) is 0 Å². The van der Waals surface area contributed by atoms with E-state index in [2.05, 4.69) is 74.4 Å². The van der Waals surface area contributed by atoms with Crippen molar-refractivity contribution in [3.63, 3.8) is 0 Å². The number of aryl methyl sites for hydroxylation is 2. The first-order valence-electron chi connectivity index (χ1n) is 7.18. The maximum Gasteiger partial charge on any atom is 0.324 e. The van der Waals surface area contributed by atoms with Crippen molar-refractivity contribution in [3.8, 4) is 17.2 Å². The standard InChI is InChI=1S/C16H18N6/c1-18-9-5-4-6-13(18)14-7-10-22(20(14)3)15-12-21-11-8-17-16(21)19(15)2/h4-12H,1-3H3/q+2. The van der Waals surface area contributed by atoms with Gasteiger partial charge in [0.15, 0.2) is 11.9 Å². The third-order valence-corrected chi connectivity index (χ3v) is 4.14. The van der Waals surface area contributed by atoms with Crippen LogP contribution in [0.3, 0.4) is 0 Å². The number of fused-ring (bicyclic) bond motifs is 1. The first-order chi connectivity index (χ1) is 10.7. The molecule has 0 atom stereocenters. The Labute approximate surface area is 128 Å². The van der Waals surface area contributed by atoms with E-state index in [0.717, 1.165) is 17.3 Å². The SMILES string of the molecule is Cn1c(-[n+]2ccc(-c3cccc[n+]3C)n2C)cn2ccnc12. The maximum absolute atomic E-state index is 4.37. The van der Waals surface area contributed by atoms with Crippen LogP contribution in [0.25, 0.3) is 23.0 Å². The van der Waals surface area contributed by atoms with Gasteiger partial charge in [-0.25, -0.2) is 4.68 Å². The van der Waals surface area contributed by atoms with E-state index in [1.165, 1.54) is 5.69 Å². The van der Waals surface area contributed by atoms with Crippen LogP contribution in [0.1, 0.15) is 0 Å². The monoisotopic (exact) mass is 294 g/mol. The van der Waals surface area contributed by atoms with E-state index in [0.29, 0.717) is 0 Å². The number of imidazole rings is 2. The highest BCUT2D eigenvalue weighted by Crippen LogP contribution is 2.14. The average Bonchev–Trinajstić information content (AvgIpc) is 3.17. The van der Waals surface area contributed by atoms with Crippen LogP contribution in [0.15, 0.2) is 55.2 Å². The molecule has 0 aliphatic rings. The van der Waals surface area contributed by atoms with Crippen LogP contribution >= 0.6 is 0 Å². The minimum Gasteiger partial charge on any atom is -0.265 e. The minimum absolute atomic E-state index is 0.926. The quantitative estimate of drug-likeness (QED) is 0.503. The second-order valence-electron chi connectivity index (χ2n) is 5.45. The number of rotatable bonds is 2. The molecule has 0 spiro atoms. The Kier molecular flexibility index (Phi) is 2.66. The van der Waals surface area contributed by atoms with Crippen molar-refractivity contribution in [2.75, 3.05) is 0 Å². The molecule has 0 saturated heterocycles. The van der Waals surface area contributed by atoms with Crippen LogP contribution in [0.5, 0.6) is 0 Å². The number of nitrogens with zero attached hydrogens (tertiary/aromatic N) is 6. The predicted molar refractivity (Wildman–Crippen MR) is 81.3 cm³/mol. The third-order valence-electron chi connectivity index (χ3n) is 4.14. The van der Waals surface area contributed by atoms with Crippen molar-refractivity contribution in [3.05, 3.63) is 55.2 Å². The van der Waals surface area contributed by atoms with Gasteiger partial charge in [0.05, 0.1) is 7.05 Å². The summed E-state index contributed by atoms with van der Waals surface area (Å²) in [5.41, 5.74) is 2.32. The molecule has 0 unspecified atom stereocenters. The van der Waals surface area contributed by atoms with Gasteiger partial charge in [0, 0.05) is 37.6 Å². The summed E-state index contributed by atoms with van der Waals surface area (Å²) in [6, 6.07) is 8.35. The molecule has 0 aliphatic heterocycles. The van der Waals surface area contributed by atoms with Gasteiger partial charge in [-0.3, -0.25) is 4.40 Å². The molecule has 4 aromatic heterocycles. The van der Waals surface area contributed by atoms with Crippen molar-refractivity contribution in [2.45, 2.75) is 0 Å². The highest BCUT2D eigenvalue weighted by molar-refractivity contribution is 5.49. The van der Waals surface area contributed by atoms with Gasteiger partial charge in [0.25, 0.3) is 0 Å². The Hall–Kier alpha value is -2.89. The minimum atomic E-state index is 0.926. The van der Waals surface area contributed by atoms with E-state index in [1.54, 1.807) is 0 Å². The van der Waals surface area contributed by atoms with Gasteiger partial charge < -0.3 is 0 Å². The molecule has 0 saturated carbocycles. The van der Waals surface area contributed by atoms with Crippen LogP contribution in [0.4, 0.5) is 0 Å². The lowest BCUT2D eigenvalue weighted by Gasteiger charge is -2.03. The first kappa shape index (κ1) is 12.8. The van der Waals surface area contributed by atoms with E-state index in [1.807, 2.05) is 29.9 Å². The number of pyridine rings is 1. The summed E-state index contributed by atoms with van der Waals surface area (Å²) in [6.45, 7) is 0. The van der Waals surface area contributed by atoms with Crippen molar-refractivity contribution in [1.29, 1.82) is 0 Å². The van der Waals surface area contributed by atoms with Gasteiger partial charge in [0.2, 0.25) is 5.69 Å². The number of hydrogen-bond donors (Lipinski definition) is 0. The molecule has 0 N–H and O–H groups in total. The smallest absolute Gasteiger partial charge is 0.265 e. The lowest BCUT2D eigenvalue weighted by atomic mass is 10.2. The fraction of sp³-hybridized carbons (Fsp3) is 0.188. The molecule has 4 aromatic rings. The summed E-state index contributed by atoms with van der Waals surface area (Å²) in [6.07, 6.45) is 9.99. The van der Waals surface area contributed by atoms with Crippen molar-refractivity contribution >= 4 is 5.78 Å². The van der Waals surface area contributed by atoms with Crippen molar-refractivity contribution in [2.24, 2.45) is 21.1 Å². The second-order valence-corrected chi connectivity index (χ2v) is 5.45. The Bertz CT molecular complexity index is 972. The number of hydrogen-bond acceptors (Lipinski definition) is 1. The van der Waals surface area contributed by atoms with Crippen LogP contribution in [-0.4, -0.2) is 18.6 Å². The Balaban J connectivity index is 1.90. The molecule has 0 fully saturated rings. The van der Waals surface area contributed by atoms with Crippen LogP contribution in [0.2, 0.25) is 0 Å². The summed E-state index contributed by atoms with van der Waals surface area (Å²) >= 11 is 0.